The lowest BCUT2D eigenvalue weighted by Crippen LogP contribution is -2.33. The number of rotatable bonds is 12. The lowest BCUT2D eigenvalue weighted by Gasteiger charge is -2.16. The first-order valence-electron chi connectivity index (χ1n) is 12.1. The third kappa shape index (κ3) is 9.05. The van der Waals surface area contributed by atoms with Crippen LogP contribution in [0.2, 0.25) is 5.02 Å². The number of likely N-dealkylation sites (N-methyl/N-ethyl adjacent to an activating group) is 1. The minimum atomic E-state index is -3.86. The number of nitrogens with one attached hydrogen (secondary N) is 1. The molecule has 0 spiro atoms. The number of benzene rings is 3. The third-order valence-corrected chi connectivity index (χ3v) is 7.81. The molecule has 210 valence electrons. The van der Waals surface area contributed by atoms with Crippen molar-refractivity contribution in [3.63, 3.8) is 0 Å². The van der Waals surface area contributed by atoms with Gasteiger partial charge in [0.15, 0.2) is 0 Å². The molecule has 0 aromatic heterocycles. The first-order chi connectivity index (χ1) is 18.1. The second-order valence-electron chi connectivity index (χ2n) is 8.67. The first kappa shape index (κ1) is 32.3. The van der Waals surface area contributed by atoms with Crippen LogP contribution in [0.25, 0.3) is 0 Å². The Kier molecular flexibility index (Phi) is 12.4. The standard InChI is InChI=1S/C28H31ClN2O6S.ClH/c1-3-37-27(33)19-31(2)28(34)22-7-5-9-25(17-22)38(35,36)24-12-10-20(11-13-24)14-15-30-18-26(32)21-6-4-8-23(29)16-21;/h4-13,16-17,26,30,32H,3,14-15,18-19H2,1-2H3;1H/t26-;/m0./s1. The Morgan fingerprint density at radius 3 is 2.38 bits per heavy atom. The number of aliphatic hydroxyl groups excluding tert-OH is 1. The lowest BCUT2D eigenvalue weighted by molar-refractivity contribution is -0.143. The molecule has 0 radical (unpaired) electrons. The Balaban J connectivity index is 0.00000533. The van der Waals surface area contributed by atoms with Crippen LogP contribution in [0.4, 0.5) is 0 Å². The van der Waals surface area contributed by atoms with Crippen LogP contribution in [0.15, 0.2) is 82.6 Å². The van der Waals surface area contributed by atoms with Gasteiger partial charge in [0, 0.05) is 24.2 Å². The van der Waals surface area contributed by atoms with E-state index in [0.29, 0.717) is 24.5 Å². The molecule has 1 atom stereocenters. The molecule has 11 heteroatoms. The van der Waals surface area contributed by atoms with E-state index in [-0.39, 0.29) is 40.9 Å². The number of halogens is 2. The summed E-state index contributed by atoms with van der Waals surface area (Å²) >= 11 is 5.97. The predicted molar refractivity (Wildman–Crippen MR) is 152 cm³/mol. The van der Waals surface area contributed by atoms with Crippen molar-refractivity contribution < 1.29 is 27.9 Å². The fourth-order valence-corrected chi connectivity index (χ4v) is 5.27. The van der Waals surface area contributed by atoms with Gasteiger partial charge in [-0.05, 0) is 73.5 Å². The average molecular weight is 596 g/mol. The molecule has 0 aliphatic heterocycles. The highest BCUT2D eigenvalue weighted by molar-refractivity contribution is 7.91. The van der Waals surface area contributed by atoms with E-state index in [2.05, 4.69) is 5.32 Å². The highest BCUT2D eigenvalue weighted by Crippen LogP contribution is 2.23. The van der Waals surface area contributed by atoms with Crippen LogP contribution < -0.4 is 5.32 Å². The molecule has 0 unspecified atom stereocenters. The molecule has 0 aliphatic carbocycles. The molecule has 0 heterocycles. The predicted octanol–water partition coefficient (Wildman–Crippen LogP) is 4.10. The van der Waals surface area contributed by atoms with Gasteiger partial charge in [0.25, 0.3) is 5.91 Å². The molecule has 0 bridgehead atoms. The van der Waals surface area contributed by atoms with Crippen molar-refractivity contribution in [1.29, 1.82) is 0 Å². The molecule has 0 saturated carbocycles. The van der Waals surface area contributed by atoms with Gasteiger partial charge in [-0.25, -0.2) is 8.42 Å². The molecule has 39 heavy (non-hydrogen) atoms. The Morgan fingerprint density at radius 2 is 1.72 bits per heavy atom. The van der Waals surface area contributed by atoms with Gasteiger partial charge < -0.3 is 20.1 Å². The Labute approximate surface area is 240 Å². The van der Waals surface area contributed by atoms with Gasteiger partial charge in [0.2, 0.25) is 9.84 Å². The third-order valence-electron chi connectivity index (χ3n) is 5.80. The molecule has 0 aliphatic rings. The smallest absolute Gasteiger partial charge is 0.325 e. The van der Waals surface area contributed by atoms with E-state index in [9.17, 15) is 23.1 Å². The van der Waals surface area contributed by atoms with Gasteiger partial charge in [-0.2, -0.15) is 0 Å². The van der Waals surface area contributed by atoms with Crippen LogP contribution in [-0.4, -0.2) is 63.6 Å². The van der Waals surface area contributed by atoms with Crippen LogP contribution >= 0.6 is 24.0 Å². The van der Waals surface area contributed by atoms with Crippen LogP contribution in [0.3, 0.4) is 0 Å². The topological polar surface area (TPSA) is 113 Å². The molecule has 3 rings (SSSR count). The van der Waals surface area contributed by atoms with Gasteiger partial charge in [-0.1, -0.05) is 41.9 Å². The number of nitrogens with zero attached hydrogens (tertiary/aromatic N) is 1. The highest BCUT2D eigenvalue weighted by Gasteiger charge is 2.21. The van der Waals surface area contributed by atoms with Crippen molar-refractivity contribution in [2.24, 2.45) is 0 Å². The average Bonchev–Trinajstić information content (AvgIpc) is 2.91. The van der Waals surface area contributed by atoms with Crippen molar-refractivity contribution in [1.82, 2.24) is 10.2 Å². The number of carbonyl (C=O) groups is 2. The van der Waals surface area contributed by atoms with E-state index in [1.807, 2.05) is 6.07 Å². The SMILES string of the molecule is CCOC(=O)CN(C)C(=O)c1cccc(S(=O)(=O)c2ccc(CCNC[C@H](O)c3cccc(Cl)c3)cc2)c1.Cl. The lowest BCUT2D eigenvalue weighted by atomic mass is 10.1. The maximum Gasteiger partial charge on any atom is 0.325 e. The quantitative estimate of drug-likeness (QED) is 0.240. The van der Waals surface area contributed by atoms with Crippen molar-refractivity contribution >= 4 is 45.7 Å². The number of esters is 1. The van der Waals surface area contributed by atoms with Crippen molar-refractivity contribution in [2.45, 2.75) is 29.2 Å². The molecule has 3 aromatic carbocycles. The second-order valence-corrected chi connectivity index (χ2v) is 11.1. The maximum atomic E-state index is 13.2. The maximum absolute atomic E-state index is 13.2. The fourth-order valence-electron chi connectivity index (χ4n) is 3.76. The molecule has 3 aromatic rings. The first-order valence-corrected chi connectivity index (χ1v) is 14.0. The van der Waals surface area contributed by atoms with Gasteiger partial charge in [0.05, 0.1) is 22.5 Å². The minimum absolute atomic E-state index is 0. The molecule has 8 nitrogen and oxygen atoms in total. The largest absolute Gasteiger partial charge is 0.465 e. The fraction of sp³-hybridized carbons (Fsp3) is 0.286. The number of carbonyl (C=O) groups excluding carboxylic acids is 2. The summed E-state index contributed by atoms with van der Waals surface area (Å²) in [6.45, 7) is 2.59. The normalized spacial score (nSPS) is 11.8. The summed E-state index contributed by atoms with van der Waals surface area (Å²) in [5, 5.41) is 14.0. The zero-order valence-corrected chi connectivity index (χ0v) is 24.1. The molecular weight excluding hydrogens is 563 g/mol. The van der Waals surface area contributed by atoms with Crippen molar-refractivity contribution in [3.8, 4) is 0 Å². The highest BCUT2D eigenvalue weighted by atomic mass is 35.5. The Morgan fingerprint density at radius 1 is 1.03 bits per heavy atom. The summed E-state index contributed by atoms with van der Waals surface area (Å²) < 4.78 is 31.3. The summed E-state index contributed by atoms with van der Waals surface area (Å²) in [6.07, 6.45) is -0.0480. The molecular formula is C28H32Cl2N2O6S. The summed E-state index contributed by atoms with van der Waals surface area (Å²) in [5.41, 5.74) is 1.81. The molecule has 0 saturated heterocycles. The van der Waals surface area contributed by atoms with E-state index >= 15 is 0 Å². The summed E-state index contributed by atoms with van der Waals surface area (Å²) in [5.74, 6) is -1.03. The summed E-state index contributed by atoms with van der Waals surface area (Å²) in [4.78, 5) is 25.7. The Hall–Kier alpha value is -2.95. The van der Waals surface area contributed by atoms with E-state index in [0.717, 1.165) is 11.1 Å². The number of aliphatic hydroxyl groups is 1. The van der Waals surface area contributed by atoms with Gasteiger partial charge in [-0.15, -0.1) is 12.4 Å². The van der Waals surface area contributed by atoms with E-state index in [1.54, 1.807) is 37.3 Å². The number of hydrogen-bond acceptors (Lipinski definition) is 7. The number of sulfone groups is 1. The molecule has 1 amide bonds. The van der Waals surface area contributed by atoms with E-state index in [1.165, 1.54) is 48.3 Å². The van der Waals surface area contributed by atoms with E-state index < -0.39 is 27.8 Å². The molecule has 0 fully saturated rings. The summed E-state index contributed by atoms with van der Waals surface area (Å²) in [6, 6.07) is 19.4. The number of ether oxygens (including phenoxy) is 1. The van der Waals surface area contributed by atoms with Crippen LogP contribution in [0, 0.1) is 0 Å². The van der Waals surface area contributed by atoms with Gasteiger partial charge in [-0.3, -0.25) is 9.59 Å². The van der Waals surface area contributed by atoms with Crippen molar-refractivity contribution in [3.05, 3.63) is 94.5 Å². The zero-order chi connectivity index (χ0) is 27.7. The number of hydrogen-bond donors (Lipinski definition) is 2. The monoisotopic (exact) mass is 594 g/mol. The Bertz CT molecular complexity index is 1370. The van der Waals surface area contributed by atoms with Crippen molar-refractivity contribution in [2.75, 3.05) is 33.3 Å². The van der Waals surface area contributed by atoms with E-state index in [4.69, 9.17) is 16.3 Å². The van der Waals surface area contributed by atoms with Crippen LogP contribution in [0.1, 0.15) is 34.5 Å². The summed E-state index contributed by atoms with van der Waals surface area (Å²) in [7, 11) is -2.41. The minimum Gasteiger partial charge on any atom is -0.465 e. The van der Waals surface area contributed by atoms with Gasteiger partial charge >= 0.3 is 5.97 Å². The second kappa shape index (κ2) is 15.0. The molecule has 2 N–H and O–H groups in total. The van der Waals surface area contributed by atoms with Crippen LogP contribution in [0.5, 0.6) is 0 Å². The van der Waals surface area contributed by atoms with Gasteiger partial charge in [0.1, 0.15) is 6.54 Å². The number of amides is 1. The zero-order valence-electron chi connectivity index (χ0n) is 21.7. The van der Waals surface area contributed by atoms with Crippen LogP contribution in [-0.2, 0) is 25.8 Å².